The van der Waals surface area contributed by atoms with Crippen molar-refractivity contribution >= 4 is 18.0 Å². The highest BCUT2D eigenvalue weighted by molar-refractivity contribution is 5.94. The monoisotopic (exact) mass is 491 g/mol. The largest absolute Gasteiger partial charge is 0.464 e. The fourth-order valence-corrected chi connectivity index (χ4v) is 4.05. The molecule has 1 aromatic heterocycles. The predicted molar refractivity (Wildman–Crippen MR) is 127 cm³/mol. The van der Waals surface area contributed by atoms with Crippen LogP contribution >= 0.6 is 0 Å². The maximum Gasteiger partial charge on any atom is 0.410 e. The van der Waals surface area contributed by atoms with Gasteiger partial charge in [0, 0.05) is 6.54 Å². The van der Waals surface area contributed by atoms with Gasteiger partial charge in [0.15, 0.2) is 5.69 Å². The van der Waals surface area contributed by atoms with Crippen LogP contribution in [0.3, 0.4) is 0 Å². The summed E-state index contributed by atoms with van der Waals surface area (Å²) in [5.41, 5.74) is -0.286. The molecule has 2 heterocycles. The number of hydrogen-bond acceptors (Lipinski definition) is 8. The lowest BCUT2D eigenvalue weighted by molar-refractivity contribution is 0.0583. The second kappa shape index (κ2) is 10.9. The maximum absolute atomic E-state index is 13.0. The standard InChI is InChI=1S/C26H25N3O7/c1-16-13-14-29(26(33)35-15-17-9-5-3-6-10-17)20(16)22-27-19(25(32)34-2)21(23(30)28-22)36-24(31)18-11-7-4-8-12-18/h3-12,16,20H,13-15H2,1-2H3,(H,27,28,30)/t16?,20-/m0/s1. The quantitative estimate of drug-likeness (QED) is 0.519. The number of nitrogens with one attached hydrogen (secondary N) is 1. The van der Waals surface area contributed by atoms with E-state index >= 15 is 0 Å². The fraction of sp³-hybridized carbons (Fsp3) is 0.269. The number of carbonyl (C=O) groups excluding carboxylic acids is 3. The van der Waals surface area contributed by atoms with E-state index in [0.717, 1.165) is 12.7 Å². The first-order valence-corrected chi connectivity index (χ1v) is 11.4. The van der Waals surface area contributed by atoms with Gasteiger partial charge >= 0.3 is 18.0 Å². The molecular weight excluding hydrogens is 466 g/mol. The first-order valence-electron chi connectivity index (χ1n) is 11.4. The van der Waals surface area contributed by atoms with Crippen molar-refractivity contribution < 1.29 is 28.6 Å². The summed E-state index contributed by atoms with van der Waals surface area (Å²) in [7, 11) is 1.12. The molecule has 2 aromatic carbocycles. The molecule has 1 unspecified atom stereocenters. The van der Waals surface area contributed by atoms with Crippen LogP contribution in [0.5, 0.6) is 5.75 Å². The number of aromatic amines is 1. The number of H-pyrrole nitrogens is 1. The highest BCUT2D eigenvalue weighted by Crippen LogP contribution is 2.36. The summed E-state index contributed by atoms with van der Waals surface area (Å²) in [6.45, 7) is 2.36. The van der Waals surface area contributed by atoms with Gasteiger partial charge in [0.2, 0.25) is 5.75 Å². The maximum atomic E-state index is 13.0. The number of benzene rings is 2. The van der Waals surface area contributed by atoms with E-state index in [1.165, 1.54) is 17.0 Å². The molecule has 0 bridgehead atoms. The number of amides is 1. The Morgan fingerprint density at radius 2 is 1.69 bits per heavy atom. The van der Waals surface area contributed by atoms with Crippen LogP contribution in [0.25, 0.3) is 0 Å². The Morgan fingerprint density at radius 1 is 1.03 bits per heavy atom. The van der Waals surface area contributed by atoms with Crippen LogP contribution < -0.4 is 10.3 Å². The van der Waals surface area contributed by atoms with Crippen molar-refractivity contribution in [2.24, 2.45) is 5.92 Å². The third-order valence-electron chi connectivity index (χ3n) is 5.90. The number of carbonyl (C=O) groups is 3. The van der Waals surface area contributed by atoms with Gasteiger partial charge in [-0.2, -0.15) is 0 Å². The summed E-state index contributed by atoms with van der Waals surface area (Å²) >= 11 is 0. The normalized spacial score (nSPS) is 16.9. The summed E-state index contributed by atoms with van der Waals surface area (Å²) in [4.78, 5) is 59.2. The van der Waals surface area contributed by atoms with Crippen molar-refractivity contribution in [3.05, 3.63) is 93.7 Å². The van der Waals surface area contributed by atoms with E-state index in [-0.39, 0.29) is 23.9 Å². The molecule has 0 saturated carbocycles. The van der Waals surface area contributed by atoms with Gasteiger partial charge in [-0.3, -0.25) is 9.69 Å². The van der Waals surface area contributed by atoms with Crippen molar-refractivity contribution in [1.82, 2.24) is 14.9 Å². The molecule has 0 aliphatic carbocycles. The second-order valence-corrected chi connectivity index (χ2v) is 8.32. The Labute approximate surface area is 206 Å². The highest BCUT2D eigenvalue weighted by Gasteiger charge is 2.39. The summed E-state index contributed by atoms with van der Waals surface area (Å²) in [5, 5.41) is 0. The van der Waals surface area contributed by atoms with Gasteiger partial charge in [-0.15, -0.1) is 0 Å². The molecule has 1 aliphatic heterocycles. The van der Waals surface area contributed by atoms with Gasteiger partial charge in [-0.1, -0.05) is 55.5 Å². The van der Waals surface area contributed by atoms with Gasteiger partial charge < -0.3 is 19.2 Å². The number of esters is 2. The van der Waals surface area contributed by atoms with Crippen LogP contribution in [0.1, 0.15) is 51.6 Å². The van der Waals surface area contributed by atoms with Crippen molar-refractivity contribution in [2.75, 3.05) is 13.7 Å². The zero-order chi connectivity index (χ0) is 25.7. The van der Waals surface area contributed by atoms with Gasteiger partial charge in [0.25, 0.3) is 5.56 Å². The molecule has 1 amide bonds. The number of ether oxygens (including phenoxy) is 3. The van der Waals surface area contributed by atoms with Crippen molar-refractivity contribution in [3.63, 3.8) is 0 Å². The molecule has 10 nitrogen and oxygen atoms in total. The Hall–Kier alpha value is -4.47. The fourth-order valence-electron chi connectivity index (χ4n) is 4.05. The number of rotatable bonds is 6. The van der Waals surface area contributed by atoms with Crippen LogP contribution in [0.15, 0.2) is 65.5 Å². The zero-order valence-electron chi connectivity index (χ0n) is 19.8. The number of likely N-dealkylation sites (tertiary alicyclic amines) is 1. The smallest absolute Gasteiger partial charge is 0.410 e. The van der Waals surface area contributed by atoms with Crippen molar-refractivity contribution in [3.8, 4) is 5.75 Å². The van der Waals surface area contributed by atoms with Gasteiger partial charge in [0.1, 0.15) is 12.4 Å². The van der Waals surface area contributed by atoms with Crippen LogP contribution in [-0.4, -0.2) is 46.6 Å². The minimum absolute atomic E-state index is 0.0709. The van der Waals surface area contributed by atoms with E-state index in [1.807, 2.05) is 37.3 Å². The van der Waals surface area contributed by atoms with Gasteiger partial charge in [0.05, 0.1) is 18.7 Å². The summed E-state index contributed by atoms with van der Waals surface area (Å²) in [6.07, 6.45) is 0.0580. The summed E-state index contributed by atoms with van der Waals surface area (Å²) in [6, 6.07) is 16.6. The third kappa shape index (κ3) is 5.27. The third-order valence-corrected chi connectivity index (χ3v) is 5.90. The molecule has 36 heavy (non-hydrogen) atoms. The summed E-state index contributed by atoms with van der Waals surface area (Å²) in [5.74, 6) is -2.39. The van der Waals surface area contributed by atoms with E-state index in [9.17, 15) is 19.2 Å². The molecule has 1 fully saturated rings. The number of nitrogens with zero attached hydrogens (tertiary/aromatic N) is 2. The van der Waals surface area contributed by atoms with Crippen LogP contribution in [0.4, 0.5) is 4.79 Å². The lowest BCUT2D eigenvalue weighted by Gasteiger charge is -2.26. The van der Waals surface area contributed by atoms with Crippen LogP contribution in [0, 0.1) is 5.92 Å². The lowest BCUT2D eigenvalue weighted by Crippen LogP contribution is -2.35. The minimum Gasteiger partial charge on any atom is -0.464 e. The Balaban J connectivity index is 1.62. The van der Waals surface area contributed by atoms with E-state index in [2.05, 4.69) is 9.97 Å². The van der Waals surface area contributed by atoms with E-state index in [4.69, 9.17) is 14.2 Å². The average molecular weight is 492 g/mol. The molecule has 186 valence electrons. The number of methoxy groups -OCH3 is 1. The van der Waals surface area contributed by atoms with E-state index in [0.29, 0.717) is 13.0 Å². The molecule has 1 N–H and O–H groups in total. The minimum atomic E-state index is -0.956. The molecule has 10 heteroatoms. The Bertz CT molecular complexity index is 1310. The average Bonchev–Trinajstić information content (AvgIpc) is 3.30. The molecule has 1 aliphatic rings. The molecule has 0 radical (unpaired) electrons. The van der Waals surface area contributed by atoms with Gasteiger partial charge in [-0.25, -0.2) is 19.4 Å². The number of hydrogen-bond donors (Lipinski definition) is 1. The topological polar surface area (TPSA) is 128 Å². The molecule has 4 rings (SSSR count). The van der Waals surface area contributed by atoms with Crippen LogP contribution in [0.2, 0.25) is 0 Å². The van der Waals surface area contributed by atoms with E-state index in [1.54, 1.807) is 18.2 Å². The first kappa shape index (κ1) is 24.6. The molecule has 1 saturated heterocycles. The SMILES string of the molecule is COC(=O)c1nc([C@@H]2C(C)CCN2C(=O)OCc2ccccc2)[nH]c(=O)c1OC(=O)c1ccccc1. The highest BCUT2D eigenvalue weighted by atomic mass is 16.6. The summed E-state index contributed by atoms with van der Waals surface area (Å²) < 4.78 is 15.5. The molecule has 0 spiro atoms. The Kier molecular flexibility index (Phi) is 7.43. The Morgan fingerprint density at radius 3 is 2.36 bits per heavy atom. The number of aromatic nitrogens is 2. The molecule has 3 aromatic rings. The molecule has 2 atom stereocenters. The second-order valence-electron chi connectivity index (χ2n) is 8.32. The molecular formula is C26H25N3O7. The van der Waals surface area contributed by atoms with E-state index < -0.39 is 41.1 Å². The lowest BCUT2D eigenvalue weighted by atomic mass is 10.0. The van der Waals surface area contributed by atoms with Crippen LogP contribution in [-0.2, 0) is 16.1 Å². The van der Waals surface area contributed by atoms with Gasteiger partial charge in [-0.05, 0) is 30.0 Å². The first-order chi connectivity index (χ1) is 17.4. The predicted octanol–water partition coefficient (Wildman–Crippen LogP) is 3.50. The van der Waals surface area contributed by atoms with Crippen molar-refractivity contribution in [1.29, 1.82) is 0 Å². The van der Waals surface area contributed by atoms with Crippen molar-refractivity contribution in [2.45, 2.75) is 26.0 Å². The zero-order valence-corrected chi connectivity index (χ0v) is 19.8.